The monoisotopic (exact) mass is 1110 g/mol. The Kier molecular flexibility index (Phi) is 15.5. The van der Waals surface area contributed by atoms with E-state index in [1.54, 1.807) is 0 Å². The van der Waals surface area contributed by atoms with E-state index in [9.17, 15) is 74.4 Å². The number of hydrogen-bond acceptors (Lipinski definition) is 23. The van der Waals surface area contributed by atoms with Gasteiger partial charge in [0.2, 0.25) is 23.1 Å². The van der Waals surface area contributed by atoms with Crippen LogP contribution in [0.4, 0.5) is 54.9 Å². The molecule has 378 valence electrons. The molecular weight excluding hydrogens is 1080 g/mol. The molecule has 8 N–H and O–H groups in total. The van der Waals surface area contributed by atoms with Crippen molar-refractivity contribution in [2.75, 3.05) is 52.6 Å². The Morgan fingerprint density at radius 1 is 0.746 bits per heavy atom. The molecule has 4 aromatic carbocycles. The first-order valence-corrected chi connectivity index (χ1v) is 26.7. The number of nitrogens with zero attached hydrogens (tertiary/aromatic N) is 8. The molecule has 1 amide bonds. The molecule has 0 aliphatic rings. The summed E-state index contributed by atoms with van der Waals surface area (Å²) in [5.41, 5.74) is -2.78. The maximum Gasteiger partial charge on any atom is 0.397 e. The number of rotatable bonds is 19. The summed E-state index contributed by atoms with van der Waals surface area (Å²) >= 11 is 6.07. The Balaban J connectivity index is 1.35. The zero-order chi connectivity index (χ0) is 52.4. The van der Waals surface area contributed by atoms with E-state index in [1.165, 1.54) is 36.2 Å². The van der Waals surface area contributed by atoms with Gasteiger partial charge in [-0.1, -0.05) is 0 Å². The van der Waals surface area contributed by atoms with Crippen LogP contribution in [0.1, 0.15) is 10.4 Å². The number of amides is 1. The molecular formula is C35H30ClF2N11O17S5. The van der Waals surface area contributed by atoms with Gasteiger partial charge in [-0.3, -0.25) is 23.0 Å². The average Bonchev–Trinajstić information content (AvgIpc) is 3.23. The second-order valence-corrected chi connectivity index (χ2v) is 22.1. The summed E-state index contributed by atoms with van der Waals surface area (Å²) in [5, 5.41) is 24.8. The van der Waals surface area contributed by atoms with Crippen molar-refractivity contribution < 1.29 is 83.2 Å². The number of phenols is 1. The second kappa shape index (κ2) is 20.5. The van der Waals surface area contributed by atoms with Crippen molar-refractivity contribution in [3.8, 4) is 5.75 Å². The standard InChI is InChI=1S/C35H30ClF2N11O17S5/c1-49(8-10-67(52,53)11-9-66-71(63,64)65)35-45-32(36)44-34(46-35)40-20-6-7-24(69(57,58)59)22(14-20)47-48-29-25(70(60,61)62)13-18-12-21(68(54,55)56)15-23(28(18)30(29)50)41-31(51)17-2-4-19(5-3-17)39-27-16-26(37)42-33(38)43-27/h2-7,12-16,50H,8-11H2,1H3,(H,41,51)(H,39,42,43)(H,54,55,56)(H,57,58,59)(H,60,61,62)(H,63,64,65)(H,40,44,45,46). The largest absolute Gasteiger partial charge is 0.505 e. The number of aromatic hydroxyl groups is 1. The lowest BCUT2D eigenvalue weighted by Gasteiger charge is -2.18. The van der Waals surface area contributed by atoms with E-state index in [2.05, 4.69) is 55.3 Å². The van der Waals surface area contributed by atoms with E-state index in [1.807, 2.05) is 0 Å². The van der Waals surface area contributed by atoms with Gasteiger partial charge in [-0.25, -0.2) is 12.6 Å². The third kappa shape index (κ3) is 14.2. The molecule has 2 heterocycles. The quantitative estimate of drug-likeness (QED) is 0.0246. The molecule has 0 aliphatic heterocycles. The minimum atomic E-state index is -5.49. The third-order valence-electron chi connectivity index (χ3n) is 9.09. The first-order chi connectivity index (χ1) is 32.8. The molecule has 6 aromatic rings. The molecule has 0 radical (unpaired) electrons. The topological polar surface area (TPSA) is 427 Å². The Hall–Kier alpha value is -6.80. The number of benzene rings is 4. The molecule has 0 aliphatic carbocycles. The number of aromatic nitrogens is 5. The van der Waals surface area contributed by atoms with Gasteiger partial charge in [0.1, 0.15) is 27.0 Å². The van der Waals surface area contributed by atoms with Crippen LogP contribution in [0.3, 0.4) is 0 Å². The molecule has 6 rings (SSSR count). The van der Waals surface area contributed by atoms with Gasteiger partial charge >= 0.3 is 16.5 Å². The molecule has 2 aromatic heterocycles. The Labute approximate surface area is 404 Å². The van der Waals surface area contributed by atoms with Crippen LogP contribution in [-0.4, -0.2) is 128 Å². The lowest BCUT2D eigenvalue weighted by Crippen LogP contribution is -2.29. The summed E-state index contributed by atoms with van der Waals surface area (Å²) in [6, 6.07) is 10.2. The maximum absolute atomic E-state index is 13.6. The molecule has 0 fully saturated rings. The minimum absolute atomic E-state index is 0.159. The van der Waals surface area contributed by atoms with Gasteiger partial charge in [0, 0.05) is 42.0 Å². The van der Waals surface area contributed by atoms with Gasteiger partial charge < -0.3 is 26.0 Å². The first kappa shape index (κ1) is 53.5. The SMILES string of the molecule is CN(CCS(=O)(=O)CCOS(=O)(=O)O)c1nc(Cl)nc(Nc2ccc(S(=O)(=O)O)c(N=Nc3c(S(=O)(=O)O)cc4cc(S(=O)(=O)O)cc(NC(=O)c5ccc(Nc6cc(F)nc(F)n6)cc5)c4c3O)c2)n1. The van der Waals surface area contributed by atoms with Gasteiger partial charge in [-0.2, -0.15) is 67.4 Å². The highest BCUT2D eigenvalue weighted by atomic mass is 35.5. The van der Waals surface area contributed by atoms with Gasteiger partial charge in [0.05, 0.1) is 28.7 Å². The minimum Gasteiger partial charge on any atom is -0.505 e. The summed E-state index contributed by atoms with van der Waals surface area (Å²) in [6.45, 7) is -1.18. The zero-order valence-corrected chi connectivity index (χ0v) is 39.9. The van der Waals surface area contributed by atoms with Crippen LogP contribution < -0.4 is 20.9 Å². The van der Waals surface area contributed by atoms with Crippen LogP contribution in [0.15, 0.2) is 91.6 Å². The third-order valence-corrected chi connectivity index (χ3v) is 13.9. The van der Waals surface area contributed by atoms with E-state index in [4.69, 9.17) is 16.2 Å². The fraction of sp³-hybridized carbons (Fsp3) is 0.143. The van der Waals surface area contributed by atoms with Crippen molar-refractivity contribution in [2.45, 2.75) is 14.7 Å². The predicted molar refractivity (Wildman–Crippen MR) is 243 cm³/mol. The van der Waals surface area contributed by atoms with E-state index in [0.29, 0.717) is 18.2 Å². The van der Waals surface area contributed by atoms with E-state index in [-0.39, 0.29) is 41.2 Å². The first-order valence-electron chi connectivity index (χ1n) is 18.8. The molecule has 36 heteroatoms. The molecule has 71 heavy (non-hydrogen) atoms. The van der Waals surface area contributed by atoms with Crippen molar-refractivity contribution in [3.05, 3.63) is 89.6 Å². The van der Waals surface area contributed by atoms with Gasteiger partial charge in [0.25, 0.3) is 36.3 Å². The van der Waals surface area contributed by atoms with Crippen molar-refractivity contribution in [1.29, 1.82) is 0 Å². The summed E-state index contributed by atoms with van der Waals surface area (Å²) in [6.07, 6.45) is -1.38. The second-order valence-electron chi connectivity index (χ2n) is 14.1. The maximum atomic E-state index is 13.6. The van der Waals surface area contributed by atoms with Crippen LogP contribution in [0.2, 0.25) is 5.28 Å². The highest BCUT2D eigenvalue weighted by Gasteiger charge is 2.27. The number of hydrogen-bond donors (Lipinski definition) is 8. The number of carbonyl (C=O) groups is 1. The summed E-state index contributed by atoms with van der Waals surface area (Å²) in [4.78, 5) is 29.6. The molecule has 0 unspecified atom stereocenters. The highest BCUT2D eigenvalue weighted by Crippen LogP contribution is 2.46. The van der Waals surface area contributed by atoms with Crippen LogP contribution in [0.25, 0.3) is 10.8 Å². The lowest BCUT2D eigenvalue weighted by molar-refractivity contribution is 0.102. The van der Waals surface area contributed by atoms with E-state index >= 15 is 0 Å². The number of fused-ring (bicyclic) bond motifs is 1. The van der Waals surface area contributed by atoms with Crippen LogP contribution in [0, 0.1) is 12.0 Å². The fourth-order valence-electron chi connectivity index (χ4n) is 5.94. The molecule has 0 spiro atoms. The molecule has 0 saturated heterocycles. The van der Waals surface area contributed by atoms with Crippen molar-refractivity contribution in [2.24, 2.45) is 10.2 Å². The number of phenolic OH excluding ortho intramolecular Hbond substituents is 1. The number of sulfone groups is 1. The molecule has 0 atom stereocenters. The van der Waals surface area contributed by atoms with Gasteiger partial charge in [-0.05, 0) is 77.7 Å². The number of carbonyl (C=O) groups excluding carboxylic acids is 1. The number of halogens is 3. The zero-order valence-electron chi connectivity index (χ0n) is 35.1. The predicted octanol–water partition coefficient (Wildman–Crippen LogP) is 4.02. The summed E-state index contributed by atoms with van der Waals surface area (Å²) in [7, 11) is -23.4. The van der Waals surface area contributed by atoms with Gasteiger partial charge in [-0.15, -0.1) is 10.2 Å². The lowest BCUT2D eigenvalue weighted by atomic mass is 10.1. The van der Waals surface area contributed by atoms with E-state index < -0.39 is 140 Å². The average molecular weight is 1110 g/mol. The van der Waals surface area contributed by atoms with Crippen molar-refractivity contribution >= 4 is 125 Å². The van der Waals surface area contributed by atoms with Crippen LogP contribution in [0.5, 0.6) is 5.75 Å². The Bertz CT molecular complexity index is 3710. The molecule has 0 bridgehead atoms. The van der Waals surface area contributed by atoms with Crippen molar-refractivity contribution in [3.63, 3.8) is 0 Å². The van der Waals surface area contributed by atoms with Crippen molar-refractivity contribution in [1.82, 2.24) is 24.9 Å². The molecule has 28 nitrogen and oxygen atoms in total. The number of azo groups is 1. The molecule has 0 saturated carbocycles. The van der Waals surface area contributed by atoms with Gasteiger partial charge in [0.15, 0.2) is 15.6 Å². The smallest absolute Gasteiger partial charge is 0.397 e. The Morgan fingerprint density at radius 2 is 1.41 bits per heavy atom. The summed E-state index contributed by atoms with van der Waals surface area (Å²) < 4.78 is 191. The summed E-state index contributed by atoms with van der Waals surface area (Å²) in [5.74, 6) is -5.78. The normalized spacial score (nSPS) is 12.6. The number of nitrogens with one attached hydrogen (secondary N) is 3. The van der Waals surface area contributed by atoms with E-state index in [0.717, 1.165) is 24.3 Å². The van der Waals surface area contributed by atoms with Crippen LogP contribution >= 0.6 is 11.6 Å². The number of anilines is 6. The van der Waals surface area contributed by atoms with Crippen LogP contribution in [-0.2, 0) is 54.8 Å². The fourth-order valence-corrected chi connectivity index (χ4v) is 9.39. The highest BCUT2D eigenvalue weighted by molar-refractivity contribution is 7.91. The Morgan fingerprint density at radius 3 is 2.03 bits per heavy atom.